The Labute approximate surface area is 199 Å². The average Bonchev–Trinajstić information content (AvgIpc) is 2.81. The fourth-order valence-electron chi connectivity index (χ4n) is 6.28. The first kappa shape index (κ1) is 25.8. The van der Waals surface area contributed by atoms with Crippen molar-refractivity contribution in [3.63, 3.8) is 0 Å². The average molecular weight is 477 g/mol. The van der Waals surface area contributed by atoms with Gasteiger partial charge in [-0.05, 0) is 50.4 Å². The van der Waals surface area contributed by atoms with Gasteiger partial charge in [0.05, 0.1) is 0 Å². The highest BCUT2D eigenvalue weighted by molar-refractivity contribution is 6.20. The molecule has 2 saturated carbocycles. The molecule has 0 spiro atoms. The number of rotatable bonds is 4. The number of amides is 8. The first-order valence-corrected chi connectivity index (χ1v) is 12.6. The van der Waals surface area contributed by atoms with Crippen molar-refractivity contribution in [3.05, 3.63) is 0 Å². The lowest BCUT2D eigenvalue weighted by atomic mass is 9.65. The van der Waals surface area contributed by atoms with Crippen LogP contribution in [-0.4, -0.2) is 35.7 Å². The molecule has 0 aromatic rings. The van der Waals surface area contributed by atoms with Gasteiger partial charge in [0, 0.05) is 0 Å². The van der Waals surface area contributed by atoms with E-state index in [2.05, 4.69) is 21.3 Å². The van der Waals surface area contributed by atoms with Gasteiger partial charge in [-0.25, -0.2) is 9.59 Å². The summed E-state index contributed by atoms with van der Waals surface area (Å²) in [5.74, 6) is -1.54. The van der Waals surface area contributed by atoms with E-state index in [0.29, 0.717) is 12.8 Å². The highest BCUT2D eigenvalue weighted by atomic mass is 16.2. The first-order valence-electron chi connectivity index (χ1n) is 12.6. The topological polar surface area (TPSA) is 151 Å². The Kier molecular flexibility index (Phi) is 8.09. The van der Waals surface area contributed by atoms with Gasteiger partial charge in [0.1, 0.15) is 10.8 Å². The summed E-state index contributed by atoms with van der Waals surface area (Å²) in [5, 5.41) is 8.96. The molecule has 188 valence electrons. The summed E-state index contributed by atoms with van der Waals surface area (Å²) >= 11 is 0. The smallest absolute Gasteiger partial charge is 0.277 e. The van der Waals surface area contributed by atoms with Crippen LogP contribution in [0.4, 0.5) is 9.59 Å². The van der Waals surface area contributed by atoms with Gasteiger partial charge in [0.15, 0.2) is 0 Å². The minimum Gasteiger partial charge on any atom is -0.277 e. The molecule has 2 heterocycles. The Morgan fingerprint density at radius 2 is 0.794 bits per heavy atom. The highest BCUT2D eigenvalue weighted by Crippen LogP contribution is 2.43. The fourth-order valence-corrected chi connectivity index (χ4v) is 6.28. The van der Waals surface area contributed by atoms with Crippen LogP contribution in [0.25, 0.3) is 0 Å². The molecule has 4 aliphatic rings. The largest absolute Gasteiger partial charge is 0.328 e. The molecule has 2 aliphatic heterocycles. The molecule has 10 heteroatoms. The van der Waals surface area contributed by atoms with E-state index >= 15 is 0 Å². The Morgan fingerprint density at radius 1 is 0.529 bits per heavy atom. The second kappa shape index (κ2) is 10.7. The monoisotopic (exact) mass is 476 g/mol. The van der Waals surface area contributed by atoms with E-state index in [0.717, 1.165) is 51.4 Å². The van der Waals surface area contributed by atoms with Crippen molar-refractivity contribution in [1.29, 1.82) is 0 Å². The summed E-state index contributed by atoms with van der Waals surface area (Å²) < 4.78 is 0. The van der Waals surface area contributed by atoms with E-state index in [1.807, 2.05) is 13.8 Å². The Bertz CT molecular complexity index is 748. The van der Waals surface area contributed by atoms with Crippen molar-refractivity contribution in [2.45, 2.75) is 90.9 Å². The van der Waals surface area contributed by atoms with Crippen LogP contribution in [-0.2, 0) is 19.2 Å². The van der Waals surface area contributed by atoms with Crippen LogP contribution in [0.15, 0.2) is 0 Å². The zero-order chi connectivity index (χ0) is 24.9. The van der Waals surface area contributed by atoms with Crippen molar-refractivity contribution < 1.29 is 28.8 Å². The van der Waals surface area contributed by atoms with Gasteiger partial charge < -0.3 is 0 Å². The molecule has 34 heavy (non-hydrogen) atoms. The van der Waals surface area contributed by atoms with Crippen LogP contribution in [0.1, 0.15) is 90.9 Å². The van der Waals surface area contributed by atoms with Crippen molar-refractivity contribution in [3.8, 4) is 0 Å². The van der Waals surface area contributed by atoms with Gasteiger partial charge in [0.25, 0.3) is 0 Å². The molecule has 4 N–H and O–H groups in total. The molecular formula is C24H36N4O6. The Morgan fingerprint density at radius 3 is 1.03 bits per heavy atom. The maximum Gasteiger partial charge on any atom is 0.328 e. The van der Waals surface area contributed by atoms with Crippen LogP contribution in [0.5, 0.6) is 0 Å². The second-order valence-electron chi connectivity index (χ2n) is 9.79. The summed E-state index contributed by atoms with van der Waals surface area (Å²) in [5.41, 5.74) is -2.07. The fraction of sp³-hybridized carbons (Fsp3) is 0.750. The van der Waals surface area contributed by atoms with Gasteiger partial charge >= 0.3 is 12.1 Å². The molecule has 2 aliphatic carbocycles. The van der Waals surface area contributed by atoms with Crippen LogP contribution >= 0.6 is 0 Å². The predicted molar refractivity (Wildman–Crippen MR) is 122 cm³/mol. The van der Waals surface area contributed by atoms with Crippen molar-refractivity contribution in [2.75, 3.05) is 0 Å². The van der Waals surface area contributed by atoms with Gasteiger partial charge in [-0.15, -0.1) is 0 Å². The summed E-state index contributed by atoms with van der Waals surface area (Å²) in [7, 11) is 0. The maximum atomic E-state index is 12.1. The second-order valence-corrected chi connectivity index (χ2v) is 9.79. The minimum atomic E-state index is -1.03. The molecule has 0 radical (unpaired) electrons. The molecule has 10 nitrogen and oxygen atoms in total. The van der Waals surface area contributed by atoms with E-state index in [4.69, 9.17) is 0 Å². The lowest BCUT2D eigenvalue weighted by Gasteiger charge is -2.41. The normalized spacial score (nSPS) is 25.4. The third-order valence-corrected chi connectivity index (χ3v) is 8.25. The predicted octanol–water partition coefficient (Wildman–Crippen LogP) is 2.66. The first-order chi connectivity index (χ1) is 16.2. The Hall–Kier alpha value is -2.78. The van der Waals surface area contributed by atoms with E-state index in [1.54, 1.807) is 0 Å². The van der Waals surface area contributed by atoms with E-state index in [9.17, 15) is 28.8 Å². The number of imide groups is 4. The summed E-state index contributed by atoms with van der Waals surface area (Å²) in [6.45, 7) is 3.67. The number of nitrogens with one attached hydrogen (secondary N) is 4. The highest BCUT2D eigenvalue weighted by Gasteiger charge is 2.55. The standard InChI is InChI=1S/2C12H18N2O3/c2*1-2-12(8-6-4-3-5-7-8)9(15)13-11(17)14-10(12)16/h2*8H,2-7H2,1H3,(H2,13,14,15,16,17). The molecule has 0 aromatic carbocycles. The number of carbonyl (C=O) groups is 6. The SMILES string of the molecule is CCC1(C2CCCCC2)C(=O)NC(=O)NC1=O.CCC1(C2CCCCC2)C(=O)NC(=O)NC1=O. The van der Waals surface area contributed by atoms with Gasteiger partial charge in [0.2, 0.25) is 23.6 Å². The zero-order valence-corrected chi connectivity index (χ0v) is 20.1. The molecule has 0 aromatic heterocycles. The molecular weight excluding hydrogens is 440 g/mol. The number of barbiturate groups is 2. The van der Waals surface area contributed by atoms with E-state index < -0.39 is 46.5 Å². The number of hydrogen-bond acceptors (Lipinski definition) is 6. The van der Waals surface area contributed by atoms with E-state index in [-0.39, 0.29) is 11.8 Å². The summed E-state index contributed by atoms with van der Waals surface area (Å²) in [6, 6.07) is -1.39. The number of hydrogen-bond donors (Lipinski definition) is 4. The zero-order valence-electron chi connectivity index (χ0n) is 20.1. The molecule has 2 saturated heterocycles. The maximum absolute atomic E-state index is 12.1. The number of carbonyl (C=O) groups excluding carboxylic acids is 6. The molecule has 0 atom stereocenters. The molecule has 8 amide bonds. The molecule has 4 rings (SSSR count). The van der Waals surface area contributed by atoms with Crippen LogP contribution in [0, 0.1) is 22.7 Å². The Balaban J connectivity index is 0.000000191. The lowest BCUT2D eigenvalue weighted by Crippen LogP contribution is -2.64. The third-order valence-electron chi connectivity index (χ3n) is 8.25. The summed E-state index contributed by atoms with van der Waals surface area (Å²) in [6.07, 6.45) is 11.0. The van der Waals surface area contributed by atoms with Crippen LogP contribution in [0.3, 0.4) is 0 Å². The van der Waals surface area contributed by atoms with Gasteiger partial charge in [-0.2, -0.15) is 0 Å². The lowest BCUT2D eigenvalue weighted by molar-refractivity contribution is -0.151. The third kappa shape index (κ3) is 4.59. The quantitative estimate of drug-likeness (QED) is 0.458. The van der Waals surface area contributed by atoms with Crippen molar-refractivity contribution in [1.82, 2.24) is 21.3 Å². The summed E-state index contributed by atoms with van der Waals surface area (Å²) in [4.78, 5) is 70.5. The molecule has 0 unspecified atom stereocenters. The molecule has 4 fully saturated rings. The van der Waals surface area contributed by atoms with Crippen molar-refractivity contribution >= 4 is 35.7 Å². The number of urea groups is 2. The molecule has 0 bridgehead atoms. The minimum absolute atomic E-state index is 0.0642. The van der Waals surface area contributed by atoms with Crippen LogP contribution < -0.4 is 21.3 Å². The van der Waals surface area contributed by atoms with Crippen LogP contribution in [0.2, 0.25) is 0 Å². The van der Waals surface area contributed by atoms with E-state index in [1.165, 1.54) is 12.8 Å². The van der Waals surface area contributed by atoms with Gasteiger partial charge in [-0.1, -0.05) is 52.4 Å². The van der Waals surface area contributed by atoms with Crippen molar-refractivity contribution in [2.24, 2.45) is 22.7 Å². The van der Waals surface area contributed by atoms with Gasteiger partial charge in [-0.3, -0.25) is 40.4 Å².